The number of rotatable bonds is 4. The molecule has 4 heteroatoms. The van der Waals surface area contributed by atoms with Gasteiger partial charge in [-0.25, -0.2) is 4.39 Å². The number of carbonyl (C=O) groups is 1. The summed E-state index contributed by atoms with van der Waals surface area (Å²) in [4.78, 5) is 11.4. The predicted molar refractivity (Wildman–Crippen MR) is 54.4 cm³/mol. The molecule has 1 aromatic carbocycles. The molecule has 1 aromatic rings. The van der Waals surface area contributed by atoms with Crippen molar-refractivity contribution in [1.29, 1.82) is 0 Å². The summed E-state index contributed by atoms with van der Waals surface area (Å²) in [6.45, 7) is 1.50. The van der Waals surface area contributed by atoms with Crippen molar-refractivity contribution < 1.29 is 13.9 Å². The Morgan fingerprint density at radius 2 is 2.29 bits per heavy atom. The van der Waals surface area contributed by atoms with Crippen LogP contribution in [0.1, 0.15) is 6.92 Å². The van der Waals surface area contributed by atoms with Gasteiger partial charge in [0.1, 0.15) is 17.3 Å². The van der Waals surface area contributed by atoms with E-state index in [-0.39, 0.29) is 11.6 Å². The number of ketones is 1. The Labute approximate surface area is 86.5 Å². The van der Waals surface area contributed by atoms with E-state index in [1.807, 2.05) is 0 Å². The fourth-order valence-electron chi connectivity index (χ4n) is 0.943. The van der Waals surface area contributed by atoms with Crippen LogP contribution < -0.4 is 4.74 Å². The van der Waals surface area contributed by atoms with Gasteiger partial charge in [0.2, 0.25) is 0 Å². The zero-order valence-corrected chi connectivity index (χ0v) is 8.86. The van der Waals surface area contributed by atoms with Crippen molar-refractivity contribution in [3.63, 3.8) is 0 Å². The van der Waals surface area contributed by atoms with Crippen molar-refractivity contribution in [3.05, 3.63) is 24.0 Å². The number of Topliss-reactive ketones (excluding diaryl/α,β-unsaturated/α-hetero) is 1. The lowest BCUT2D eigenvalue weighted by atomic mass is 10.3. The van der Waals surface area contributed by atoms with Crippen LogP contribution in [0.15, 0.2) is 23.1 Å². The Morgan fingerprint density at radius 1 is 1.57 bits per heavy atom. The van der Waals surface area contributed by atoms with Crippen molar-refractivity contribution in [2.45, 2.75) is 11.8 Å². The maximum absolute atomic E-state index is 12.9. The number of thioether (sulfide) groups is 1. The molecule has 0 fully saturated rings. The average Bonchev–Trinajstić information content (AvgIpc) is 2.15. The van der Waals surface area contributed by atoms with E-state index in [0.29, 0.717) is 16.4 Å². The highest BCUT2D eigenvalue weighted by atomic mass is 32.2. The van der Waals surface area contributed by atoms with E-state index in [2.05, 4.69) is 0 Å². The topological polar surface area (TPSA) is 26.3 Å². The van der Waals surface area contributed by atoms with Crippen LogP contribution in [0.5, 0.6) is 5.75 Å². The van der Waals surface area contributed by atoms with Gasteiger partial charge in [-0.1, -0.05) is 0 Å². The SMILES string of the molecule is COc1ccc(F)cc1SCC(C)=O. The van der Waals surface area contributed by atoms with Gasteiger partial charge < -0.3 is 4.74 Å². The van der Waals surface area contributed by atoms with Gasteiger partial charge in [-0.15, -0.1) is 11.8 Å². The molecule has 0 N–H and O–H groups in total. The first-order chi connectivity index (χ1) is 6.63. The van der Waals surface area contributed by atoms with E-state index in [0.717, 1.165) is 0 Å². The molecule has 0 spiro atoms. The minimum atomic E-state index is -0.322. The fourth-order valence-corrected chi connectivity index (χ4v) is 1.79. The summed E-state index contributed by atoms with van der Waals surface area (Å²) in [5.41, 5.74) is 0. The van der Waals surface area contributed by atoms with Crippen molar-refractivity contribution in [3.8, 4) is 5.75 Å². The highest BCUT2D eigenvalue weighted by Gasteiger charge is 2.06. The standard InChI is InChI=1S/C10H11FO2S/c1-7(12)6-14-10-5-8(11)3-4-9(10)13-2/h3-5H,6H2,1-2H3. The zero-order chi connectivity index (χ0) is 10.6. The second-order valence-corrected chi connectivity index (χ2v) is 3.80. The van der Waals surface area contributed by atoms with E-state index in [1.54, 1.807) is 6.07 Å². The van der Waals surface area contributed by atoms with Crippen molar-refractivity contribution >= 4 is 17.5 Å². The van der Waals surface area contributed by atoms with Gasteiger partial charge in [0, 0.05) is 0 Å². The molecule has 0 saturated heterocycles. The Kier molecular flexibility index (Phi) is 3.95. The molecule has 0 aliphatic heterocycles. The summed E-state index contributed by atoms with van der Waals surface area (Å²) in [7, 11) is 1.52. The molecule has 76 valence electrons. The van der Waals surface area contributed by atoms with Crippen LogP contribution in [0.25, 0.3) is 0 Å². The van der Waals surface area contributed by atoms with Crippen molar-refractivity contribution in [1.82, 2.24) is 0 Å². The lowest BCUT2D eigenvalue weighted by molar-refractivity contribution is -0.114. The molecular weight excluding hydrogens is 203 g/mol. The number of halogens is 1. The normalized spacial score (nSPS) is 9.93. The Balaban J connectivity index is 2.82. The highest BCUT2D eigenvalue weighted by Crippen LogP contribution is 2.29. The van der Waals surface area contributed by atoms with Crippen LogP contribution in [-0.4, -0.2) is 18.6 Å². The lowest BCUT2D eigenvalue weighted by Gasteiger charge is -2.06. The van der Waals surface area contributed by atoms with Gasteiger partial charge in [-0.05, 0) is 25.1 Å². The van der Waals surface area contributed by atoms with Gasteiger partial charge >= 0.3 is 0 Å². The largest absolute Gasteiger partial charge is 0.496 e. The van der Waals surface area contributed by atoms with E-state index in [4.69, 9.17) is 4.74 Å². The summed E-state index contributed by atoms with van der Waals surface area (Å²) in [6, 6.07) is 4.25. The average molecular weight is 214 g/mol. The molecular formula is C10H11FO2S. The summed E-state index contributed by atoms with van der Waals surface area (Å²) in [6.07, 6.45) is 0. The number of hydrogen-bond acceptors (Lipinski definition) is 3. The number of carbonyl (C=O) groups excluding carboxylic acids is 1. The minimum Gasteiger partial charge on any atom is -0.496 e. The highest BCUT2D eigenvalue weighted by molar-refractivity contribution is 8.00. The van der Waals surface area contributed by atoms with Crippen LogP contribution in [0.4, 0.5) is 4.39 Å². The Morgan fingerprint density at radius 3 is 2.86 bits per heavy atom. The number of hydrogen-bond donors (Lipinski definition) is 0. The smallest absolute Gasteiger partial charge is 0.140 e. The summed E-state index contributed by atoms with van der Waals surface area (Å²) >= 11 is 1.28. The molecule has 2 nitrogen and oxygen atoms in total. The van der Waals surface area contributed by atoms with Crippen molar-refractivity contribution in [2.75, 3.05) is 12.9 Å². The third kappa shape index (κ3) is 3.03. The molecule has 0 aromatic heterocycles. The first kappa shape index (κ1) is 11.0. The molecule has 0 aliphatic carbocycles. The zero-order valence-electron chi connectivity index (χ0n) is 8.04. The van der Waals surface area contributed by atoms with Gasteiger partial charge in [0.15, 0.2) is 0 Å². The number of methoxy groups -OCH3 is 1. The van der Waals surface area contributed by atoms with E-state index < -0.39 is 0 Å². The van der Waals surface area contributed by atoms with Gasteiger partial charge in [0.25, 0.3) is 0 Å². The molecule has 0 heterocycles. The van der Waals surface area contributed by atoms with Crippen LogP contribution >= 0.6 is 11.8 Å². The second-order valence-electron chi connectivity index (χ2n) is 2.79. The van der Waals surface area contributed by atoms with Crippen LogP contribution in [0.2, 0.25) is 0 Å². The van der Waals surface area contributed by atoms with E-state index >= 15 is 0 Å². The summed E-state index contributed by atoms with van der Waals surface area (Å²) in [5.74, 6) is 0.663. The van der Waals surface area contributed by atoms with Gasteiger partial charge in [0.05, 0.1) is 17.8 Å². The first-order valence-electron chi connectivity index (χ1n) is 4.09. The van der Waals surface area contributed by atoms with E-state index in [9.17, 15) is 9.18 Å². The van der Waals surface area contributed by atoms with Crippen LogP contribution in [0, 0.1) is 5.82 Å². The van der Waals surface area contributed by atoms with Crippen molar-refractivity contribution in [2.24, 2.45) is 0 Å². The molecule has 0 radical (unpaired) electrons. The molecule has 14 heavy (non-hydrogen) atoms. The minimum absolute atomic E-state index is 0.0568. The molecule has 0 saturated carbocycles. The predicted octanol–water partition coefficient (Wildman–Crippen LogP) is 2.52. The summed E-state index contributed by atoms with van der Waals surface area (Å²) < 4.78 is 17.9. The van der Waals surface area contributed by atoms with E-state index in [1.165, 1.54) is 37.9 Å². The van der Waals surface area contributed by atoms with Gasteiger partial charge in [-0.3, -0.25) is 4.79 Å². The number of benzene rings is 1. The Bertz CT molecular complexity index is 339. The molecule has 0 bridgehead atoms. The number of ether oxygens (including phenoxy) is 1. The maximum Gasteiger partial charge on any atom is 0.140 e. The molecule has 1 rings (SSSR count). The molecule has 0 atom stereocenters. The van der Waals surface area contributed by atoms with Crippen LogP contribution in [-0.2, 0) is 4.79 Å². The molecule has 0 aliphatic rings. The third-order valence-corrected chi connectivity index (χ3v) is 2.74. The Hall–Kier alpha value is -1.03. The maximum atomic E-state index is 12.9. The lowest BCUT2D eigenvalue weighted by Crippen LogP contribution is -1.94. The van der Waals surface area contributed by atoms with Gasteiger partial charge in [-0.2, -0.15) is 0 Å². The molecule has 0 amide bonds. The third-order valence-electron chi connectivity index (χ3n) is 1.56. The fraction of sp³-hybridized carbons (Fsp3) is 0.300. The molecule has 0 unspecified atom stereocenters. The van der Waals surface area contributed by atoms with Crippen LogP contribution in [0.3, 0.4) is 0 Å². The summed E-state index contributed by atoms with van der Waals surface area (Å²) in [5, 5.41) is 0. The first-order valence-corrected chi connectivity index (χ1v) is 5.08. The monoisotopic (exact) mass is 214 g/mol. The quantitative estimate of drug-likeness (QED) is 0.720. The second kappa shape index (κ2) is 5.00.